The Labute approximate surface area is 309 Å². The summed E-state index contributed by atoms with van der Waals surface area (Å²) >= 11 is 0. The van der Waals surface area contributed by atoms with Crippen molar-refractivity contribution in [3.8, 4) is 35.2 Å². The third-order valence-electron chi connectivity index (χ3n) is 10.1. The highest BCUT2D eigenvalue weighted by Crippen LogP contribution is 2.41. The van der Waals surface area contributed by atoms with Gasteiger partial charge in [0.15, 0.2) is 22.9 Å². The lowest BCUT2D eigenvalue weighted by Gasteiger charge is -2.35. The Balaban J connectivity index is 1.06. The third-order valence-corrected chi connectivity index (χ3v) is 10.1. The molecule has 53 heavy (non-hydrogen) atoms. The highest BCUT2D eigenvalue weighted by atomic mass is 16.5. The number of rotatable bonds is 11. The van der Waals surface area contributed by atoms with Gasteiger partial charge in [-0.3, -0.25) is 14.6 Å². The molecule has 3 aromatic rings. The number of carbonyl (C=O) groups excluding carboxylic acids is 2. The van der Waals surface area contributed by atoms with Crippen molar-refractivity contribution >= 4 is 28.2 Å². The number of nitrogens with zero attached hydrogens (tertiary/aromatic N) is 2. The van der Waals surface area contributed by atoms with Crippen LogP contribution in [0.1, 0.15) is 67.4 Å². The van der Waals surface area contributed by atoms with Crippen LogP contribution in [0.15, 0.2) is 89.8 Å². The molecule has 2 N–H and O–H groups in total. The summed E-state index contributed by atoms with van der Waals surface area (Å²) in [5.74, 6) is 12.4. The molecular weight excluding hydrogens is 668 g/mol. The van der Waals surface area contributed by atoms with Crippen molar-refractivity contribution in [2.75, 3.05) is 26.4 Å². The first-order chi connectivity index (χ1) is 25.8. The summed E-state index contributed by atoms with van der Waals surface area (Å²) in [7, 11) is 0. The molecule has 9 nitrogen and oxygen atoms in total. The van der Waals surface area contributed by atoms with Crippen molar-refractivity contribution in [3.63, 3.8) is 0 Å². The molecule has 9 heteroatoms. The number of aromatic nitrogens is 1. The zero-order valence-corrected chi connectivity index (χ0v) is 30.0. The van der Waals surface area contributed by atoms with Gasteiger partial charge in [-0.15, -0.1) is 0 Å². The van der Waals surface area contributed by atoms with Crippen molar-refractivity contribution in [3.05, 3.63) is 106 Å². The van der Waals surface area contributed by atoms with E-state index in [9.17, 15) is 19.8 Å². The second-order valence-corrected chi connectivity index (χ2v) is 13.6. The van der Waals surface area contributed by atoms with E-state index in [1.54, 1.807) is 31.3 Å². The molecule has 1 unspecified atom stereocenters. The summed E-state index contributed by atoms with van der Waals surface area (Å²) in [6.45, 7) is 4.10. The van der Waals surface area contributed by atoms with Crippen LogP contribution in [0.25, 0.3) is 16.5 Å². The second kappa shape index (κ2) is 15.7. The Morgan fingerprint density at radius 3 is 2.74 bits per heavy atom. The Hall–Kier alpha value is -5.45. The normalized spacial score (nSPS) is 23.3. The molecule has 3 atom stereocenters. The van der Waals surface area contributed by atoms with Gasteiger partial charge in [0.1, 0.15) is 12.7 Å². The zero-order chi connectivity index (χ0) is 37.0. The summed E-state index contributed by atoms with van der Waals surface area (Å²) in [5.41, 5.74) is 4.62. The van der Waals surface area contributed by atoms with Gasteiger partial charge in [0, 0.05) is 41.4 Å². The first kappa shape index (κ1) is 35.9. The molecule has 0 radical (unpaired) electrons. The average molecular weight is 711 g/mol. The molecule has 0 saturated carbocycles. The summed E-state index contributed by atoms with van der Waals surface area (Å²) in [6, 6.07) is 13.8. The minimum atomic E-state index is -1.61. The molecule has 2 aromatic carbocycles. The topological polar surface area (TPSA) is 118 Å². The number of pyridine rings is 1. The van der Waals surface area contributed by atoms with Crippen molar-refractivity contribution in [1.29, 1.82) is 0 Å². The minimum Gasteiger partial charge on any atom is -0.490 e. The highest BCUT2D eigenvalue weighted by Gasteiger charge is 2.42. The smallest absolute Gasteiger partial charge is 0.258 e. The van der Waals surface area contributed by atoms with E-state index in [4.69, 9.17) is 14.2 Å². The van der Waals surface area contributed by atoms with Crippen LogP contribution in [0.3, 0.4) is 0 Å². The van der Waals surface area contributed by atoms with Crippen LogP contribution in [0, 0.1) is 23.7 Å². The van der Waals surface area contributed by atoms with E-state index in [1.165, 1.54) is 0 Å². The first-order valence-corrected chi connectivity index (χ1v) is 18.2. The van der Waals surface area contributed by atoms with Crippen LogP contribution in [-0.2, 0) is 16.0 Å². The number of aliphatic hydroxyl groups excluding tert-OH is 1. The lowest BCUT2D eigenvalue weighted by molar-refractivity contribution is -0.118. The number of ether oxygens (including phenoxy) is 3. The quantitative estimate of drug-likeness (QED) is 0.187. The Morgan fingerprint density at radius 2 is 1.89 bits per heavy atom. The van der Waals surface area contributed by atoms with E-state index >= 15 is 0 Å². The van der Waals surface area contributed by atoms with Gasteiger partial charge in [0.25, 0.3) is 5.91 Å². The number of hydrogen-bond acceptors (Lipinski definition) is 8. The predicted molar refractivity (Wildman–Crippen MR) is 202 cm³/mol. The second-order valence-electron chi connectivity index (χ2n) is 13.6. The maximum absolute atomic E-state index is 14.0. The molecule has 2 aliphatic carbocycles. The van der Waals surface area contributed by atoms with Crippen LogP contribution in [0.4, 0.5) is 0 Å². The number of amides is 1. The van der Waals surface area contributed by atoms with Crippen molar-refractivity contribution in [1.82, 2.24) is 9.88 Å². The summed E-state index contributed by atoms with van der Waals surface area (Å²) in [6.07, 6.45) is 11.3. The van der Waals surface area contributed by atoms with Crippen molar-refractivity contribution in [2.24, 2.45) is 0 Å². The molecule has 4 aliphatic rings. The number of fused-ring (bicyclic) bond motifs is 5. The van der Waals surface area contributed by atoms with Gasteiger partial charge in [0.05, 0.1) is 31.8 Å². The van der Waals surface area contributed by atoms with Gasteiger partial charge >= 0.3 is 0 Å². The number of Topliss-reactive ketones (excluding diaryl/α,β-unsaturated/α-hetero) is 1. The lowest BCUT2D eigenvalue weighted by Crippen LogP contribution is -2.41. The molecule has 270 valence electrons. The van der Waals surface area contributed by atoms with Gasteiger partial charge < -0.3 is 29.3 Å². The fourth-order valence-corrected chi connectivity index (χ4v) is 7.44. The summed E-state index contributed by atoms with van der Waals surface area (Å²) in [4.78, 5) is 33.3. The number of aryl methyl sites for hydroxylation is 1. The zero-order valence-electron chi connectivity index (χ0n) is 30.0. The lowest BCUT2D eigenvalue weighted by atomic mass is 9.73. The van der Waals surface area contributed by atoms with Crippen LogP contribution in [0.5, 0.6) is 11.5 Å². The van der Waals surface area contributed by atoms with E-state index in [0.717, 1.165) is 40.4 Å². The molecule has 0 spiro atoms. The monoisotopic (exact) mass is 710 g/mol. The molecule has 0 saturated heterocycles. The van der Waals surface area contributed by atoms with Gasteiger partial charge in [0.2, 0.25) is 0 Å². The molecule has 1 amide bonds. The number of aliphatic hydroxyl groups is 2. The summed E-state index contributed by atoms with van der Waals surface area (Å²) < 4.78 is 18.4. The third kappa shape index (κ3) is 7.42. The predicted octanol–water partition coefficient (Wildman–Crippen LogP) is 5.90. The number of ketones is 1. The van der Waals surface area contributed by atoms with Crippen LogP contribution >= 0.6 is 0 Å². The van der Waals surface area contributed by atoms with Crippen molar-refractivity contribution < 1.29 is 34.0 Å². The molecule has 7 rings (SSSR count). The molecule has 2 bridgehead atoms. The van der Waals surface area contributed by atoms with Crippen LogP contribution in [-0.4, -0.2) is 76.0 Å². The SMILES string of the molecule is CC/C=C1\C2=C(C)C(=O)C[C@@]1(O)C#C/C=C\C#C[C@@H]2OCCCOc1cc2c(cc1OCCO)C(=O)N1C=C(c3ccc4ncccc4c3)CC1CC2. The first-order valence-electron chi connectivity index (χ1n) is 18.2. The largest absolute Gasteiger partial charge is 0.490 e. The van der Waals surface area contributed by atoms with E-state index in [-0.39, 0.29) is 50.6 Å². The molecule has 3 heterocycles. The Kier molecular flexibility index (Phi) is 10.6. The van der Waals surface area contributed by atoms with Crippen molar-refractivity contribution in [2.45, 2.75) is 70.1 Å². The number of hydrogen-bond donors (Lipinski definition) is 2. The number of benzene rings is 2. The molecule has 2 aliphatic heterocycles. The average Bonchev–Trinajstić information content (AvgIpc) is 3.55. The molecule has 0 fully saturated rings. The Bertz CT molecular complexity index is 2210. The minimum absolute atomic E-state index is 0.0345. The van der Waals surface area contributed by atoms with Gasteiger partial charge in [-0.2, -0.15) is 0 Å². The number of carbonyl (C=O) groups is 2. The maximum atomic E-state index is 14.0. The van der Waals surface area contributed by atoms with E-state index in [1.807, 2.05) is 48.4 Å². The van der Waals surface area contributed by atoms with Crippen LogP contribution in [0.2, 0.25) is 0 Å². The summed E-state index contributed by atoms with van der Waals surface area (Å²) in [5, 5.41) is 22.1. The number of allylic oxidation sites excluding steroid dienone is 4. The fourth-order valence-electron chi connectivity index (χ4n) is 7.44. The van der Waals surface area contributed by atoms with E-state index < -0.39 is 11.7 Å². The molecular formula is C44H42N2O7. The molecule has 1 aromatic heterocycles. The van der Waals surface area contributed by atoms with E-state index in [0.29, 0.717) is 53.0 Å². The Morgan fingerprint density at radius 1 is 1.06 bits per heavy atom. The standard InChI is InChI=1S/C44H42N2O7/c1-3-10-36-42-29(2)38(48)27-44(36,50)17-7-5-4-6-12-39(42)51-20-9-21-52-40-25-31-13-15-34-24-33(30-14-16-37-32(23-30)11-8-18-45-37)28-46(34)43(49)35(31)26-41(40)53-22-19-47/h4-5,8,10-11,14,16,18,23,25-26,28,34,39,47,50H,3,9,13,15,19-22,24,27H2,1-2H3/b5-4-,36-10+/t34?,39-,44-/m0/s1. The fraction of sp³-hybridized carbons (Fsp3) is 0.341. The van der Waals surface area contributed by atoms with Gasteiger partial charge in [-0.05, 0) is 103 Å². The van der Waals surface area contributed by atoms with Gasteiger partial charge in [-0.1, -0.05) is 48.8 Å². The van der Waals surface area contributed by atoms with Crippen LogP contribution < -0.4 is 9.47 Å². The maximum Gasteiger partial charge on any atom is 0.258 e. The highest BCUT2D eigenvalue weighted by molar-refractivity contribution is 6.01. The van der Waals surface area contributed by atoms with Gasteiger partial charge in [-0.25, -0.2) is 0 Å². The van der Waals surface area contributed by atoms with E-state index in [2.05, 4.69) is 40.8 Å².